The third-order valence-electron chi connectivity index (χ3n) is 2.80. The molecule has 0 aliphatic carbocycles. The summed E-state index contributed by atoms with van der Waals surface area (Å²) >= 11 is 5.84. The van der Waals surface area contributed by atoms with Crippen molar-refractivity contribution in [3.8, 4) is 5.75 Å². The second-order valence-corrected chi connectivity index (χ2v) is 4.75. The second kappa shape index (κ2) is 7.50. The number of hydrogen-bond acceptors (Lipinski definition) is 3. The average Bonchev–Trinajstić information content (AvgIpc) is 2.53. The van der Waals surface area contributed by atoms with Gasteiger partial charge in [0.2, 0.25) is 0 Å². The van der Waals surface area contributed by atoms with Gasteiger partial charge >= 0.3 is 5.97 Å². The molecule has 0 aliphatic rings. The summed E-state index contributed by atoms with van der Waals surface area (Å²) in [5.41, 5.74) is 1.29. The summed E-state index contributed by atoms with van der Waals surface area (Å²) in [4.78, 5) is 11.8. The van der Waals surface area contributed by atoms with Crippen molar-refractivity contribution in [2.45, 2.75) is 0 Å². The predicted octanol–water partition coefficient (Wildman–Crippen LogP) is 3.98. The number of rotatable bonds is 5. The van der Waals surface area contributed by atoms with Gasteiger partial charge in [0.15, 0.2) is 0 Å². The van der Waals surface area contributed by atoms with Gasteiger partial charge in [-0.25, -0.2) is 4.79 Å². The van der Waals surface area contributed by atoms with E-state index in [9.17, 15) is 4.79 Å². The number of carbonyl (C=O) groups is 1. The Hall–Kier alpha value is -2.26. The van der Waals surface area contributed by atoms with E-state index in [0.29, 0.717) is 16.3 Å². The van der Waals surface area contributed by atoms with Gasteiger partial charge in [-0.3, -0.25) is 0 Å². The monoisotopic (exact) mass is 302 g/mol. The molecule has 108 valence electrons. The van der Waals surface area contributed by atoms with Gasteiger partial charge in [-0.05, 0) is 35.9 Å². The topological polar surface area (TPSA) is 35.5 Å². The SMILES string of the molecule is COC(=O)/C(=C/c1ccc(Cl)cc1)COc1ccccc1. The first-order chi connectivity index (χ1) is 10.2. The Morgan fingerprint density at radius 1 is 1.10 bits per heavy atom. The molecule has 0 saturated heterocycles. The van der Waals surface area contributed by atoms with Crippen LogP contribution in [-0.2, 0) is 9.53 Å². The normalized spacial score (nSPS) is 11.0. The first-order valence-electron chi connectivity index (χ1n) is 6.41. The minimum Gasteiger partial charge on any atom is -0.489 e. The summed E-state index contributed by atoms with van der Waals surface area (Å²) in [5, 5.41) is 0.646. The number of hydrogen-bond donors (Lipinski definition) is 0. The highest BCUT2D eigenvalue weighted by Gasteiger charge is 2.11. The van der Waals surface area contributed by atoms with E-state index in [4.69, 9.17) is 21.1 Å². The third-order valence-corrected chi connectivity index (χ3v) is 3.05. The van der Waals surface area contributed by atoms with Crippen LogP contribution in [-0.4, -0.2) is 19.7 Å². The zero-order chi connectivity index (χ0) is 15.1. The van der Waals surface area contributed by atoms with Crippen LogP contribution in [0, 0.1) is 0 Å². The quantitative estimate of drug-likeness (QED) is 0.619. The fraction of sp³-hybridized carbons (Fsp3) is 0.118. The van der Waals surface area contributed by atoms with Crippen molar-refractivity contribution in [2.24, 2.45) is 0 Å². The van der Waals surface area contributed by atoms with Crippen LogP contribution >= 0.6 is 11.6 Å². The van der Waals surface area contributed by atoms with E-state index in [2.05, 4.69) is 0 Å². The largest absolute Gasteiger partial charge is 0.489 e. The molecule has 0 saturated carbocycles. The molecule has 0 aromatic heterocycles. The smallest absolute Gasteiger partial charge is 0.337 e. The standard InChI is InChI=1S/C17H15ClO3/c1-20-17(19)14(11-13-7-9-15(18)10-8-13)12-21-16-5-3-2-4-6-16/h2-11H,12H2,1H3/b14-11+. The van der Waals surface area contributed by atoms with Crippen LogP contribution < -0.4 is 4.74 Å². The van der Waals surface area contributed by atoms with Crippen LogP contribution in [0.25, 0.3) is 6.08 Å². The zero-order valence-corrected chi connectivity index (χ0v) is 12.3. The summed E-state index contributed by atoms with van der Waals surface area (Å²) in [6.45, 7) is 0.138. The molecule has 0 aliphatic heterocycles. The fourth-order valence-corrected chi connectivity index (χ4v) is 1.85. The highest BCUT2D eigenvalue weighted by atomic mass is 35.5. The number of ether oxygens (including phenoxy) is 2. The number of para-hydroxylation sites is 1. The number of halogens is 1. The van der Waals surface area contributed by atoms with E-state index >= 15 is 0 Å². The maximum absolute atomic E-state index is 11.8. The molecule has 21 heavy (non-hydrogen) atoms. The van der Waals surface area contributed by atoms with Crippen molar-refractivity contribution in [2.75, 3.05) is 13.7 Å². The highest BCUT2D eigenvalue weighted by Crippen LogP contribution is 2.15. The minimum absolute atomic E-state index is 0.138. The van der Waals surface area contributed by atoms with Crippen molar-refractivity contribution in [3.63, 3.8) is 0 Å². The van der Waals surface area contributed by atoms with Crippen molar-refractivity contribution in [3.05, 3.63) is 70.8 Å². The lowest BCUT2D eigenvalue weighted by Gasteiger charge is -2.08. The Balaban J connectivity index is 2.14. The van der Waals surface area contributed by atoms with E-state index in [1.807, 2.05) is 42.5 Å². The van der Waals surface area contributed by atoms with Gasteiger partial charge in [0.1, 0.15) is 12.4 Å². The van der Waals surface area contributed by atoms with Gasteiger partial charge in [0, 0.05) is 5.02 Å². The number of benzene rings is 2. The first-order valence-corrected chi connectivity index (χ1v) is 6.79. The number of carbonyl (C=O) groups excluding carboxylic acids is 1. The van der Waals surface area contributed by atoms with Gasteiger partial charge in [0.05, 0.1) is 12.7 Å². The molecule has 2 aromatic rings. The van der Waals surface area contributed by atoms with Crippen LogP contribution in [0.5, 0.6) is 5.75 Å². The van der Waals surface area contributed by atoms with E-state index < -0.39 is 5.97 Å². The van der Waals surface area contributed by atoms with Gasteiger partial charge in [-0.15, -0.1) is 0 Å². The minimum atomic E-state index is -0.416. The summed E-state index contributed by atoms with van der Waals surface area (Å²) in [5.74, 6) is 0.282. The maximum atomic E-state index is 11.8. The number of esters is 1. The second-order valence-electron chi connectivity index (χ2n) is 4.31. The molecule has 0 spiro atoms. The Labute approximate surface area is 128 Å². The summed E-state index contributed by atoms with van der Waals surface area (Å²) in [7, 11) is 1.35. The lowest BCUT2D eigenvalue weighted by molar-refractivity contribution is -0.136. The molecular formula is C17H15ClO3. The average molecular weight is 303 g/mol. The first kappa shape index (κ1) is 15.1. The van der Waals surface area contributed by atoms with E-state index in [1.165, 1.54) is 7.11 Å². The molecule has 0 heterocycles. The Morgan fingerprint density at radius 2 is 1.76 bits per heavy atom. The molecular weight excluding hydrogens is 288 g/mol. The molecule has 2 aromatic carbocycles. The molecule has 0 radical (unpaired) electrons. The zero-order valence-electron chi connectivity index (χ0n) is 11.6. The van der Waals surface area contributed by atoms with Crippen molar-refractivity contribution >= 4 is 23.6 Å². The molecule has 0 unspecified atom stereocenters. The van der Waals surface area contributed by atoms with Gasteiger partial charge in [-0.1, -0.05) is 41.9 Å². The molecule has 0 amide bonds. The molecule has 2 rings (SSSR count). The summed E-state index contributed by atoms with van der Waals surface area (Å²) in [6, 6.07) is 16.5. The van der Waals surface area contributed by atoms with Crippen molar-refractivity contribution in [1.82, 2.24) is 0 Å². The van der Waals surface area contributed by atoms with E-state index in [1.54, 1.807) is 18.2 Å². The van der Waals surface area contributed by atoms with Gasteiger partial charge < -0.3 is 9.47 Å². The third kappa shape index (κ3) is 4.65. The molecule has 0 bridgehead atoms. The van der Waals surface area contributed by atoms with Gasteiger partial charge in [-0.2, -0.15) is 0 Å². The molecule has 0 N–H and O–H groups in total. The molecule has 0 fully saturated rings. The highest BCUT2D eigenvalue weighted by molar-refractivity contribution is 6.30. The fourth-order valence-electron chi connectivity index (χ4n) is 1.73. The van der Waals surface area contributed by atoms with E-state index in [0.717, 1.165) is 5.56 Å². The Bertz CT molecular complexity index is 618. The van der Waals surface area contributed by atoms with Crippen LogP contribution in [0.15, 0.2) is 60.2 Å². The van der Waals surface area contributed by atoms with Crippen molar-refractivity contribution < 1.29 is 14.3 Å². The Kier molecular flexibility index (Phi) is 5.41. The predicted molar refractivity (Wildman–Crippen MR) is 83.4 cm³/mol. The lowest BCUT2D eigenvalue weighted by atomic mass is 10.1. The Morgan fingerprint density at radius 3 is 2.38 bits per heavy atom. The van der Waals surface area contributed by atoms with E-state index in [-0.39, 0.29) is 6.61 Å². The molecule has 4 heteroatoms. The summed E-state index contributed by atoms with van der Waals surface area (Å²) in [6.07, 6.45) is 1.73. The lowest BCUT2D eigenvalue weighted by Crippen LogP contribution is -2.12. The van der Waals surface area contributed by atoms with Crippen LogP contribution in [0.1, 0.15) is 5.56 Å². The molecule has 0 atom stereocenters. The van der Waals surface area contributed by atoms with Crippen LogP contribution in [0.2, 0.25) is 5.02 Å². The van der Waals surface area contributed by atoms with Crippen LogP contribution in [0.3, 0.4) is 0 Å². The van der Waals surface area contributed by atoms with Gasteiger partial charge in [0.25, 0.3) is 0 Å². The van der Waals surface area contributed by atoms with Crippen LogP contribution in [0.4, 0.5) is 0 Å². The molecule has 3 nitrogen and oxygen atoms in total. The number of methoxy groups -OCH3 is 1. The van der Waals surface area contributed by atoms with Crippen molar-refractivity contribution in [1.29, 1.82) is 0 Å². The maximum Gasteiger partial charge on any atom is 0.337 e. The summed E-state index contributed by atoms with van der Waals surface area (Å²) < 4.78 is 10.4.